The van der Waals surface area contributed by atoms with Crippen molar-refractivity contribution in [1.82, 2.24) is 0 Å². The van der Waals surface area contributed by atoms with Gasteiger partial charge in [0.1, 0.15) is 11.5 Å². The third-order valence-electron chi connectivity index (χ3n) is 1.26. The smallest absolute Gasteiger partial charge is 0.129 e. The quantitative estimate of drug-likeness (QED) is 0.558. The summed E-state index contributed by atoms with van der Waals surface area (Å²) in [5.74, 6) is 1.83. The fraction of sp³-hybridized carbons (Fsp3) is 0.250. The molecule has 1 aromatic heterocycles. The minimum absolute atomic E-state index is 0.882. The lowest BCUT2D eigenvalue weighted by Gasteiger charge is -1.83. The molecule has 0 aliphatic rings. The summed E-state index contributed by atoms with van der Waals surface area (Å²) in [7, 11) is 0. The van der Waals surface area contributed by atoms with Crippen LogP contribution in [0, 0.1) is 13.8 Å². The highest BCUT2D eigenvalue weighted by Gasteiger charge is 1.97. The van der Waals surface area contributed by atoms with Gasteiger partial charge in [-0.3, -0.25) is 0 Å². The summed E-state index contributed by atoms with van der Waals surface area (Å²) in [6.45, 7) is 7.55. The maximum absolute atomic E-state index is 5.25. The van der Waals surface area contributed by atoms with E-state index in [-0.39, 0.29) is 0 Å². The second kappa shape index (κ2) is 2.09. The van der Waals surface area contributed by atoms with Crippen LogP contribution in [-0.4, -0.2) is 0 Å². The summed E-state index contributed by atoms with van der Waals surface area (Å²) < 4.78 is 5.25. The van der Waals surface area contributed by atoms with Gasteiger partial charge in [-0.15, -0.1) is 0 Å². The molecule has 0 spiro atoms. The first-order valence-electron chi connectivity index (χ1n) is 2.93. The van der Waals surface area contributed by atoms with E-state index >= 15 is 0 Å². The molecule has 0 saturated carbocycles. The maximum atomic E-state index is 5.25. The van der Waals surface area contributed by atoms with Crippen LogP contribution >= 0.6 is 0 Å². The Morgan fingerprint density at radius 3 is 2.44 bits per heavy atom. The molecule has 48 valence electrons. The third-order valence-corrected chi connectivity index (χ3v) is 1.26. The Labute approximate surface area is 55.0 Å². The van der Waals surface area contributed by atoms with Gasteiger partial charge in [-0.1, -0.05) is 6.58 Å². The molecule has 0 atom stereocenters. The molecule has 0 N–H and O–H groups in total. The summed E-state index contributed by atoms with van der Waals surface area (Å²) in [5, 5.41) is 0. The Balaban J connectivity index is 3.15. The normalized spacial score (nSPS) is 9.56. The molecule has 1 heterocycles. The molecule has 1 heteroatoms. The number of aryl methyl sites for hydroxylation is 2. The lowest BCUT2D eigenvalue weighted by Crippen LogP contribution is -1.64. The van der Waals surface area contributed by atoms with Gasteiger partial charge >= 0.3 is 0 Å². The zero-order valence-corrected chi connectivity index (χ0v) is 5.77. The van der Waals surface area contributed by atoms with Gasteiger partial charge in [-0.2, -0.15) is 0 Å². The second-order valence-corrected chi connectivity index (χ2v) is 2.11. The maximum Gasteiger partial charge on any atom is 0.129 e. The molecule has 1 aromatic rings. The average Bonchev–Trinajstić information content (AvgIpc) is 2.10. The van der Waals surface area contributed by atoms with Crippen molar-refractivity contribution in [1.29, 1.82) is 0 Å². The van der Waals surface area contributed by atoms with Gasteiger partial charge in [0.2, 0.25) is 0 Å². The predicted octanol–water partition coefficient (Wildman–Crippen LogP) is 2.54. The Kier molecular flexibility index (Phi) is 1.43. The van der Waals surface area contributed by atoms with Gasteiger partial charge in [0.05, 0.1) is 0 Å². The number of hydrogen-bond acceptors (Lipinski definition) is 1. The Morgan fingerprint density at radius 2 is 2.22 bits per heavy atom. The molecule has 0 aromatic carbocycles. The fourth-order valence-electron chi connectivity index (χ4n) is 0.862. The highest BCUT2D eigenvalue weighted by Crippen LogP contribution is 2.13. The standard InChI is InChI=1S/C8H10O/c1-4-8-6(2)5-7(3)9-8/h4-5H,1H2,2-3H3. The Hall–Kier alpha value is -0.980. The third kappa shape index (κ3) is 1.04. The lowest BCUT2D eigenvalue weighted by atomic mass is 10.3. The number of hydrogen-bond donors (Lipinski definition) is 0. The molecular weight excluding hydrogens is 112 g/mol. The zero-order chi connectivity index (χ0) is 6.85. The van der Waals surface area contributed by atoms with Crippen molar-refractivity contribution in [3.8, 4) is 0 Å². The van der Waals surface area contributed by atoms with Crippen LogP contribution in [0.5, 0.6) is 0 Å². The van der Waals surface area contributed by atoms with Crippen LogP contribution < -0.4 is 0 Å². The van der Waals surface area contributed by atoms with E-state index in [9.17, 15) is 0 Å². The van der Waals surface area contributed by atoms with E-state index < -0.39 is 0 Å². The van der Waals surface area contributed by atoms with E-state index in [0.29, 0.717) is 0 Å². The van der Waals surface area contributed by atoms with Crippen LogP contribution in [0.4, 0.5) is 0 Å². The first-order valence-corrected chi connectivity index (χ1v) is 2.93. The van der Waals surface area contributed by atoms with Crippen molar-refractivity contribution in [2.24, 2.45) is 0 Å². The van der Waals surface area contributed by atoms with Crippen LogP contribution in [0.2, 0.25) is 0 Å². The molecule has 0 amide bonds. The lowest BCUT2D eigenvalue weighted by molar-refractivity contribution is 0.523. The van der Waals surface area contributed by atoms with Crippen LogP contribution in [0.15, 0.2) is 17.1 Å². The van der Waals surface area contributed by atoms with E-state index in [1.165, 1.54) is 0 Å². The minimum atomic E-state index is 0.882. The largest absolute Gasteiger partial charge is 0.462 e. The number of rotatable bonds is 1. The van der Waals surface area contributed by atoms with Crippen LogP contribution in [0.1, 0.15) is 17.1 Å². The van der Waals surface area contributed by atoms with E-state index in [1.54, 1.807) is 6.08 Å². The zero-order valence-electron chi connectivity index (χ0n) is 5.77. The van der Waals surface area contributed by atoms with Crippen molar-refractivity contribution in [3.63, 3.8) is 0 Å². The van der Waals surface area contributed by atoms with Crippen LogP contribution in [0.25, 0.3) is 6.08 Å². The molecule has 0 unspecified atom stereocenters. The molecule has 0 radical (unpaired) electrons. The molecule has 0 saturated heterocycles. The molecule has 9 heavy (non-hydrogen) atoms. The highest BCUT2D eigenvalue weighted by molar-refractivity contribution is 5.45. The van der Waals surface area contributed by atoms with Gasteiger partial charge in [0, 0.05) is 0 Å². The van der Waals surface area contributed by atoms with Crippen molar-refractivity contribution >= 4 is 6.08 Å². The summed E-state index contributed by atoms with van der Waals surface area (Å²) in [6.07, 6.45) is 1.72. The summed E-state index contributed by atoms with van der Waals surface area (Å²) in [5.41, 5.74) is 1.16. The summed E-state index contributed by atoms with van der Waals surface area (Å²) >= 11 is 0. The molecule has 0 aliphatic heterocycles. The van der Waals surface area contributed by atoms with Crippen molar-refractivity contribution in [3.05, 3.63) is 29.7 Å². The first-order chi connectivity index (χ1) is 4.24. The highest BCUT2D eigenvalue weighted by atomic mass is 16.3. The van der Waals surface area contributed by atoms with E-state index in [1.807, 2.05) is 19.9 Å². The van der Waals surface area contributed by atoms with Gasteiger partial charge in [-0.05, 0) is 31.6 Å². The topological polar surface area (TPSA) is 13.1 Å². The van der Waals surface area contributed by atoms with Crippen molar-refractivity contribution in [2.75, 3.05) is 0 Å². The van der Waals surface area contributed by atoms with Gasteiger partial charge < -0.3 is 4.42 Å². The summed E-state index contributed by atoms with van der Waals surface area (Å²) in [6, 6.07) is 2.00. The first kappa shape index (κ1) is 6.14. The van der Waals surface area contributed by atoms with E-state index in [0.717, 1.165) is 17.1 Å². The van der Waals surface area contributed by atoms with Gasteiger partial charge in [0.25, 0.3) is 0 Å². The van der Waals surface area contributed by atoms with E-state index in [4.69, 9.17) is 4.42 Å². The van der Waals surface area contributed by atoms with Crippen LogP contribution in [0.3, 0.4) is 0 Å². The number of furan rings is 1. The fourth-order valence-corrected chi connectivity index (χ4v) is 0.862. The van der Waals surface area contributed by atoms with Crippen molar-refractivity contribution < 1.29 is 4.42 Å². The van der Waals surface area contributed by atoms with E-state index in [2.05, 4.69) is 6.58 Å². The van der Waals surface area contributed by atoms with Gasteiger partial charge in [-0.25, -0.2) is 0 Å². The van der Waals surface area contributed by atoms with Crippen LogP contribution in [-0.2, 0) is 0 Å². The minimum Gasteiger partial charge on any atom is -0.462 e. The van der Waals surface area contributed by atoms with Crippen molar-refractivity contribution in [2.45, 2.75) is 13.8 Å². The second-order valence-electron chi connectivity index (χ2n) is 2.11. The monoisotopic (exact) mass is 122 g/mol. The predicted molar refractivity (Wildman–Crippen MR) is 38.3 cm³/mol. The molecule has 0 fully saturated rings. The molecular formula is C8H10O. The Bertz CT molecular complexity index is 220. The average molecular weight is 122 g/mol. The molecule has 0 aliphatic carbocycles. The SMILES string of the molecule is C=Cc1oc(C)cc1C. The molecule has 0 bridgehead atoms. The summed E-state index contributed by atoms with van der Waals surface area (Å²) in [4.78, 5) is 0. The molecule has 1 nitrogen and oxygen atoms in total. The Morgan fingerprint density at radius 1 is 1.56 bits per heavy atom. The molecule has 1 rings (SSSR count). The van der Waals surface area contributed by atoms with Gasteiger partial charge in [0.15, 0.2) is 0 Å².